The van der Waals surface area contributed by atoms with Gasteiger partial charge >= 0.3 is 0 Å². The standard InChI is InChI=1S/C27H33N9O3/c1-8-24(37)29-20-14-21(23(39-7)15-22(20)34(4)12-11-33(2)3)30-27-28-16-17-13-18(19-9-10-35(5)32-19)26(38)36(6)25(17)31-27/h8-10,13-16H,1,11-12H2,2-7H3,(H,29,37)(H,28,30,31). The van der Waals surface area contributed by atoms with Crippen molar-refractivity contribution in [2.75, 3.05) is 56.9 Å². The van der Waals surface area contributed by atoms with E-state index in [1.54, 1.807) is 56.5 Å². The van der Waals surface area contributed by atoms with Crippen LogP contribution in [-0.4, -0.2) is 76.5 Å². The number of carbonyl (C=O) groups excluding carboxylic acids is 1. The summed E-state index contributed by atoms with van der Waals surface area (Å²) in [5.41, 5.74) is 3.16. The van der Waals surface area contributed by atoms with Crippen LogP contribution < -0.4 is 25.8 Å². The maximum atomic E-state index is 13.1. The molecule has 0 aliphatic rings. The molecule has 0 aliphatic heterocycles. The lowest BCUT2D eigenvalue weighted by molar-refractivity contribution is -0.111. The zero-order valence-corrected chi connectivity index (χ0v) is 23.0. The minimum absolute atomic E-state index is 0.219. The average molecular weight is 532 g/mol. The Kier molecular flexibility index (Phi) is 7.96. The highest BCUT2D eigenvalue weighted by Crippen LogP contribution is 2.38. The predicted octanol–water partition coefficient (Wildman–Crippen LogP) is 2.60. The summed E-state index contributed by atoms with van der Waals surface area (Å²) in [5, 5.41) is 11.1. The summed E-state index contributed by atoms with van der Waals surface area (Å²) in [7, 11) is 11.0. The van der Waals surface area contributed by atoms with Crippen molar-refractivity contribution in [1.29, 1.82) is 0 Å². The third-order valence-electron chi connectivity index (χ3n) is 6.24. The maximum Gasteiger partial charge on any atom is 0.261 e. The minimum atomic E-state index is -0.339. The number of hydrogen-bond donors (Lipinski definition) is 2. The molecule has 2 N–H and O–H groups in total. The topological polar surface area (TPSA) is 122 Å². The molecule has 0 spiro atoms. The molecule has 0 saturated heterocycles. The second-order valence-electron chi connectivity index (χ2n) is 9.38. The number of aryl methyl sites for hydroxylation is 2. The zero-order chi connectivity index (χ0) is 28.3. The van der Waals surface area contributed by atoms with E-state index in [9.17, 15) is 9.59 Å². The monoisotopic (exact) mass is 531 g/mol. The number of amides is 1. The molecule has 0 unspecified atom stereocenters. The molecule has 1 aromatic carbocycles. The fraction of sp³-hybridized carbons (Fsp3) is 0.296. The van der Waals surface area contributed by atoms with Crippen LogP contribution in [0.2, 0.25) is 0 Å². The van der Waals surface area contributed by atoms with Gasteiger partial charge in [-0.15, -0.1) is 0 Å². The molecule has 0 radical (unpaired) electrons. The Labute approximate surface area is 226 Å². The molecule has 0 fully saturated rings. The van der Waals surface area contributed by atoms with Crippen LogP contribution in [0.5, 0.6) is 5.75 Å². The van der Waals surface area contributed by atoms with Crippen LogP contribution in [-0.2, 0) is 18.9 Å². The third kappa shape index (κ3) is 5.91. The number of anilines is 4. The molecule has 0 saturated carbocycles. The SMILES string of the molecule is C=CC(=O)Nc1cc(Nc2ncc3cc(-c4ccn(C)n4)c(=O)n(C)c3n2)c(OC)cc1N(C)CCN(C)C. The van der Waals surface area contributed by atoms with Crippen molar-refractivity contribution in [3.05, 3.63) is 59.7 Å². The van der Waals surface area contributed by atoms with Gasteiger partial charge in [0.15, 0.2) is 0 Å². The highest BCUT2D eigenvalue weighted by Gasteiger charge is 2.18. The van der Waals surface area contributed by atoms with Crippen LogP contribution in [0, 0.1) is 0 Å². The fourth-order valence-corrected chi connectivity index (χ4v) is 4.08. The molecule has 204 valence electrons. The second kappa shape index (κ2) is 11.4. The Bertz CT molecular complexity index is 1590. The average Bonchev–Trinajstić information content (AvgIpc) is 3.35. The predicted molar refractivity (Wildman–Crippen MR) is 154 cm³/mol. The lowest BCUT2D eigenvalue weighted by atomic mass is 10.1. The van der Waals surface area contributed by atoms with Gasteiger partial charge in [-0.1, -0.05) is 6.58 Å². The number of hydrogen-bond acceptors (Lipinski definition) is 9. The van der Waals surface area contributed by atoms with Crippen molar-refractivity contribution < 1.29 is 9.53 Å². The smallest absolute Gasteiger partial charge is 0.261 e. The molecule has 3 heterocycles. The quantitative estimate of drug-likeness (QED) is 0.297. The number of carbonyl (C=O) groups is 1. The number of nitrogens with zero attached hydrogens (tertiary/aromatic N) is 7. The normalized spacial score (nSPS) is 11.1. The number of likely N-dealkylation sites (N-methyl/N-ethyl adjacent to an activating group) is 2. The van der Waals surface area contributed by atoms with Crippen molar-refractivity contribution in [1.82, 2.24) is 29.2 Å². The number of nitrogens with one attached hydrogen (secondary N) is 2. The summed E-state index contributed by atoms with van der Waals surface area (Å²) in [5.74, 6) is 0.450. The third-order valence-corrected chi connectivity index (χ3v) is 6.24. The first-order valence-corrected chi connectivity index (χ1v) is 12.3. The molecule has 39 heavy (non-hydrogen) atoms. The first-order valence-electron chi connectivity index (χ1n) is 12.3. The molecule has 4 aromatic rings. The molecule has 3 aromatic heterocycles. The lowest BCUT2D eigenvalue weighted by Gasteiger charge is -2.26. The highest BCUT2D eigenvalue weighted by molar-refractivity contribution is 6.02. The zero-order valence-electron chi connectivity index (χ0n) is 23.0. The Morgan fingerprint density at radius 3 is 2.56 bits per heavy atom. The Morgan fingerprint density at radius 2 is 1.92 bits per heavy atom. The molecule has 12 heteroatoms. The summed E-state index contributed by atoms with van der Waals surface area (Å²) in [6, 6.07) is 7.13. The number of benzene rings is 1. The van der Waals surface area contributed by atoms with E-state index < -0.39 is 0 Å². The van der Waals surface area contributed by atoms with Crippen molar-refractivity contribution in [2.45, 2.75) is 0 Å². The summed E-state index contributed by atoms with van der Waals surface area (Å²) in [6.07, 6.45) is 4.65. The Morgan fingerprint density at radius 1 is 1.15 bits per heavy atom. The van der Waals surface area contributed by atoms with Gasteiger partial charge in [0.2, 0.25) is 11.9 Å². The van der Waals surface area contributed by atoms with Crippen molar-refractivity contribution in [3.63, 3.8) is 0 Å². The van der Waals surface area contributed by atoms with Crippen LogP contribution in [0.4, 0.5) is 23.0 Å². The van der Waals surface area contributed by atoms with E-state index >= 15 is 0 Å². The number of pyridine rings is 1. The van der Waals surface area contributed by atoms with Crippen LogP contribution in [0.3, 0.4) is 0 Å². The van der Waals surface area contributed by atoms with E-state index in [-0.39, 0.29) is 17.4 Å². The van der Waals surface area contributed by atoms with E-state index in [0.29, 0.717) is 39.4 Å². The maximum absolute atomic E-state index is 13.1. The minimum Gasteiger partial charge on any atom is -0.494 e. The van der Waals surface area contributed by atoms with E-state index in [1.807, 2.05) is 32.1 Å². The largest absolute Gasteiger partial charge is 0.494 e. The number of methoxy groups -OCH3 is 1. The highest BCUT2D eigenvalue weighted by atomic mass is 16.5. The molecule has 1 amide bonds. The number of rotatable bonds is 10. The van der Waals surface area contributed by atoms with Crippen molar-refractivity contribution >= 4 is 40.0 Å². The van der Waals surface area contributed by atoms with Gasteiger partial charge in [0.1, 0.15) is 11.4 Å². The number of ether oxygens (including phenoxy) is 1. The number of fused-ring (bicyclic) bond motifs is 1. The molecule has 0 atom stereocenters. The van der Waals surface area contributed by atoms with E-state index in [2.05, 4.69) is 37.2 Å². The Balaban J connectivity index is 1.73. The lowest BCUT2D eigenvalue weighted by Crippen LogP contribution is -2.29. The van der Waals surface area contributed by atoms with Gasteiger partial charge in [0.25, 0.3) is 5.56 Å². The van der Waals surface area contributed by atoms with E-state index in [4.69, 9.17) is 4.74 Å². The van der Waals surface area contributed by atoms with E-state index in [1.165, 1.54) is 10.6 Å². The summed E-state index contributed by atoms with van der Waals surface area (Å²) in [6.45, 7) is 5.10. The van der Waals surface area contributed by atoms with Crippen LogP contribution in [0.25, 0.3) is 22.3 Å². The van der Waals surface area contributed by atoms with E-state index in [0.717, 1.165) is 18.8 Å². The molecule has 0 aliphatic carbocycles. The summed E-state index contributed by atoms with van der Waals surface area (Å²) < 4.78 is 8.79. The van der Waals surface area contributed by atoms with Crippen LogP contribution in [0.15, 0.2) is 54.1 Å². The van der Waals surface area contributed by atoms with Gasteiger partial charge in [-0.25, -0.2) is 4.98 Å². The Hall–Kier alpha value is -4.71. The number of aromatic nitrogens is 5. The second-order valence-corrected chi connectivity index (χ2v) is 9.38. The van der Waals surface area contributed by atoms with Gasteiger partial charge < -0.3 is 25.2 Å². The molecule has 12 nitrogen and oxygen atoms in total. The molecular formula is C27H33N9O3. The van der Waals surface area contributed by atoms with Crippen molar-refractivity contribution in [3.8, 4) is 17.0 Å². The van der Waals surface area contributed by atoms with Crippen LogP contribution >= 0.6 is 0 Å². The molecule has 4 rings (SSSR count). The van der Waals surface area contributed by atoms with Gasteiger partial charge in [-0.05, 0) is 38.4 Å². The first kappa shape index (κ1) is 27.3. The molecule has 0 bridgehead atoms. The summed E-state index contributed by atoms with van der Waals surface area (Å²) >= 11 is 0. The first-order chi connectivity index (χ1) is 18.6. The molecular weight excluding hydrogens is 498 g/mol. The van der Waals surface area contributed by atoms with Crippen molar-refractivity contribution in [2.24, 2.45) is 14.1 Å². The van der Waals surface area contributed by atoms with Gasteiger partial charge in [0.05, 0.1) is 35.4 Å². The van der Waals surface area contributed by atoms with Gasteiger partial charge in [-0.2, -0.15) is 10.1 Å². The van der Waals surface area contributed by atoms with Crippen LogP contribution in [0.1, 0.15) is 0 Å². The van der Waals surface area contributed by atoms with Gasteiger partial charge in [0, 0.05) is 58.1 Å². The fourth-order valence-electron chi connectivity index (χ4n) is 4.08. The van der Waals surface area contributed by atoms with Gasteiger partial charge in [-0.3, -0.25) is 18.8 Å². The summed E-state index contributed by atoms with van der Waals surface area (Å²) in [4.78, 5) is 38.5.